The van der Waals surface area contributed by atoms with E-state index in [1.165, 1.54) is 0 Å². The van der Waals surface area contributed by atoms with Gasteiger partial charge in [0.15, 0.2) is 5.13 Å². The molecule has 0 aliphatic heterocycles. The van der Waals surface area contributed by atoms with E-state index >= 15 is 0 Å². The first-order valence-corrected chi connectivity index (χ1v) is 13.0. The number of fused-ring (bicyclic) bond motifs is 1. The average Bonchev–Trinajstić information content (AvgIpc) is 3.51. The Hall–Kier alpha value is -3.75. The number of nitrogens with one attached hydrogen (secondary N) is 2. The first-order valence-electron chi connectivity index (χ1n) is 12.2. The smallest absolute Gasteiger partial charge is 0.184 e. The van der Waals surface area contributed by atoms with Gasteiger partial charge in [0.05, 0.1) is 28.1 Å². The highest BCUT2D eigenvalue weighted by molar-refractivity contribution is 7.22. The summed E-state index contributed by atoms with van der Waals surface area (Å²) in [7, 11) is 0. The Morgan fingerprint density at radius 1 is 0.973 bits per heavy atom. The van der Waals surface area contributed by atoms with E-state index in [0.717, 1.165) is 80.9 Å². The van der Waals surface area contributed by atoms with Crippen LogP contribution in [-0.4, -0.2) is 37.2 Å². The molecule has 1 fully saturated rings. The highest BCUT2D eigenvalue weighted by Crippen LogP contribution is 2.33. The van der Waals surface area contributed by atoms with Crippen LogP contribution in [0, 0.1) is 6.92 Å². The second-order valence-electron chi connectivity index (χ2n) is 9.22. The maximum atomic E-state index is 10.3. The molecule has 7 nitrogen and oxygen atoms in total. The predicted molar refractivity (Wildman–Crippen MR) is 150 cm³/mol. The lowest BCUT2D eigenvalue weighted by molar-refractivity contribution is 0.116. The van der Waals surface area contributed by atoms with Gasteiger partial charge in [0, 0.05) is 41.3 Å². The van der Waals surface area contributed by atoms with Crippen LogP contribution in [0.4, 0.5) is 5.13 Å². The molecule has 37 heavy (non-hydrogen) atoms. The molecule has 0 saturated heterocycles. The normalized spacial score (nSPS) is 17.4. The number of thiazole rings is 1. The van der Waals surface area contributed by atoms with Gasteiger partial charge in [-0.3, -0.25) is 4.98 Å². The van der Waals surface area contributed by atoms with Crippen LogP contribution in [0.25, 0.3) is 32.9 Å². The lowest BCUT2D eigenvalue weighted by Crippen LogP contribution is -2.36. The molecule has 1 saturated carbocycles. The molecule has 8 heteroatoms. The van der Waals surface area contributed by atoms with Crippen LogP contribution in [0.15, 0.2) is 67.0 Å². The zero-order valence-corrected chi connectivity index (χ0v) is 20.8. The van der Waals surface area contributed by atoms with Crippen molar-refractivity contribution in [3.8, 4) is 34.1 Å². The molecule has 0 spiro atoms. The van der Waals surface area contributed by atoms with Gasteiger partial charge in [0.1, 0.15) is 17.3 Å². The predicted octanol–water partition coefficient (Wildman–Crippen LogP) is 7.20. The fourth-order valence-electron chi connectivity index (χ4n) is 4.60. The van der Waals surface area contributed by atoms with Gasteiger partial charge in [-0.15, -0.1) is 0 Å². The van der Waals surface area contributed by atoms with E-state index in [2.05, 4.69) is 20.3 Å². The Bertz CT molecular complexity index is 1490. The minimum Gasteiger partial charge on any atom is -0.457 e. The molecule has 0 radical (unpaired) electrons. The standard InChI is InChI=1S/C28H27N5O2S.CH4/c1-17-16-30-27(31-17)19-8-6-18(7-9-19)24-14-21(12-13-29-24)35-20-10-11-23-26(15-20)36-28(33-23)32-22-4-2-3-5-25(22)34;/h6-16,22,25,34H,2-5H2,1H3,(H,30,31)(H,32,33);1H4/t22-,25-;/m1./s1. The minimum atomic E-state index is -0.309. The summed E-state index contributed by atoms with van der Waals surface area (Å²) in [4.78, 5) is 16.9. The molecule has 6 rings (SSSR count). The molecule has 3 heterocycles. The highest BCUT2D eigenvalue weighted by atomic mass is 32.1. The van der Waals surface area contributed by atoms with E-state index in [1.807, 2.05) is 67.7 Å². The van der Waals surface area contributed by atoms with Crippen molar-refractivity contribution in [1.29, 1.82) is 0 Å². The van der Waals surface area contributed by atoms with Crippen LogP contribution in [-0.2, 0) is 0 Å². The molecular weight excluding hydrogens is 482 g/mol. The van der Waals surface area contributed by atoms with Gasteiger partial charge in [-0.1, -0.05) is 55.9 Å². The van der Waals surface area contributed by atoms with Gasteiger partial charge in [-0.2, -0.15) is 0 Å². The number of hydrogen-bond donors (Lipinski definition) is 3. The lowest BCUT2D eigenvalue weighted by atomic mass is 9.93. The summed E-state index contributed by atoms with van der Waals surface area (Å²) in [6.45, 7) is 1.99. The highest BCUT2D eigenvalue weighted by Gasteiger charge is 2.23. The van der Waals surface area contributed by atoms with Gasteiger partial charge < -0.3 is 20.1 Å². The molecule has 2 aromatic carbocycles. The Balaban J connectivity index is 0.00000280. The minimum absolute atomic E-state index is 0. The van der Waals surface area contributed by atoms with E-state index in [9.17, 15) is 5.11 Å². The fraction of sp³-hybridized carbons (Fsp3) is 0.276. The first kappa shape index (κ1) is 24.9. The number of anilines is 1. The quantitative estimate of drug-likeness (QED) is 0.222. The van der Waals surface area contributed by atoms with Crippen molar-refractivity contribution in [2.24, 2.45) is 0 Å². The molecule has 1 aliphatic rings. The number of aliphatic hydroxyl groups is 1. The van der Waals surface area contributed by atoms with E-state index in [0.29, 0.717) is 0 Å². The molecular formula is C29H31N5O2S. The van der Waals surface area contributed by atoms with Crippen LogP contribution in [0.2, 0.25) is 0 Å². The molecule has 1 aliphatic carbocycles. The van der Waals surface area contributed by atoms with Gasteiger partial charge in [0.2, 0.25) is 0 Å². The third-order valence-corrected chi connectivity index (χ3v) is 7.47. The molecule has 3 aromatic heterocycles. The van der Waals surface area contributed by atoms with E-state index in [4.69, 9.17) is 9.72 Å². The third kappa shape index (κ3) is 5.50. The van der Waals surface area contributed by atoms with Crippen molar-refractivity contribution in [1.82, 2.24) is 19.9 Å². The number of aryl methyl sites for hydroxylation is 1. The van der Waals surface area contributed by atoms with Crippen molar-refractivity contribution >= 4 is 26.7 Å². The number of pyridine rings is 1. The summed E-state index contributed by atoms with van der Waals surface area (Å²) in [5, 5.41) is 14.5. The number of nitrogens with zero attached hydrogens (tertiary/aromatic N) is 3. The first-order chi connectivity index (χ1) is 17.6. The van der Waals surface area contributed by atoms with Gasteiger partial charge in [0.25, 0.3) is 0 Å². The lowest BCUT2D eigenvalue weighted by Gasteiger charge is -2.27. The number of ether oxygens (including phenoxy) is 1. The molecule has 2 atom stereocenters. The summed E-state index contributed by atoms with van der Waals surface area (Å²) in [6, 6.07) is 18.0. The molecule has 5 aromatic rings. The van der Waals surface area contributed by atoms with Gasteiger partial charge in [-0.25, -0.2) is 9.97 Å². The summed E-state index contributed by atoms with van der Waals surface area (Å²) >= 11 is 1.59. The van der Waals surface area contributed by atoms with Crippen LogP contribution in [0.3, 0.4) is 0 Å². The average molecular weight is 514 g/mol. The van der Waals surface area contributed by atoms with Crippen LogP contribution in [0.1, 0.15) is 38.8 Å². The third-order valence-electron chi connectivity index (χ3n) is 6.52. The maximum absolute atomic E-state index is 10.3. The summed E-state index contributed by atoms with van der Waals surface area (Å²) in [6.07, 6.45) is 7.33. The monoisotopic (exact) mass is 513 g/mol. The van der Waals surface area contributed by atoms with Crippen LogP contribution >= 0.6 is 11.3 Å². The maximum Gasteiger partial charge on any atom is 0.184 e. The Morgan fingerprint density at radius 3 is 2.54 bits per heavy atom. The van der Waals surface area contributed by atoms with Crippen molar-refractivity contribution in [3.63, 3.8) is 0 Å². The van der Waals surface area contributed by atoms with Crippen molar-refractivity contribution in [2.45, 2.75) is 52.2 Å². The molecule has 0 unspecified atom stereocenters. The van der Waals surface area contributed by atoms with E-state index in [1.54, 1.807) is 17.5 Å². The Kier molecular flexibility index (Phi) is 7.21. The van der Waals surface area contributed by atoms with Gasteiger partial charge in [-0.05, 0) is 38.0 Å². The number of H-pyrrole nitrogens is 1. The number of imidazole rings is 1. The molecule has 3 N–H and O–H groups in total. The van der Waals surface area contributed by atoms with E-state index < -0.39 is 0 Å². The van der Waals surface area contributed by atoms with Crippen molar-refractivity contribution in [3.05, 3.63) is 72.7 Å². The van der Waals surface area contributed by atoms with E-state index in [-0.39, 0.29) is 19.6 Å². The van der Waals surface area contributed by atoms with Crippen molar-refractivity contribution < 1.29 is 9.84 Å². The second kappa shape index (κ2) is 10.7. The summed E-state index contributed by atoms with van der Waals surface area (Å²) in [5.74, 6) is 2.32. The fourth-order valence-corrected chi connectivity index (χ4v) is 5.55. The Morgan fingerprint density at radius 2 is 1.76 bits per heavy atom. The van der Waals surface area contributed by atoms with Crippen LogP contribution in [0.5, 0.6) is 11.5 Å². The zero-order valence-electron chi connectivity index (χ0n) is 19.9. The SMILES string of the molecule is C.Cc1cnc(-c2ccc(-c3cc(Oc4ccc5nc(N[C@@H]6CCCC[C@H]6O)sc5c4)ccn3)cc2)[nH]1. The number of benzene rings is 2. The number of aromatic amines is 1. The number of aromatic nitrogens is 4. The van der Waals surface area contributed by atoms with Crippen molar-refractivity contribution in [2.75, 3.05) is 5.32 Å². The summed E-state index contributed by atoms with van der Waals surface area (Å²) < 4.78 is 7.22. The molecule has 0 bridgehead atoms. The largest absolute Gasteiger partial charge is 0.457 e. The number of rotatable bonds is 6. The van der Waals surface area contributed by atoms with Crippen LogP contribution < -0.4 is 10.1 Å². The summed E-state index contributed by atoms with van der Waals surface area (Å²) in [5.41, 5.74) is 4.83. The Labute approximate surface area is 220 Å². The topological polar surface area (TPSA) is 96.0 Å². The second-order valence-corrected chi connectivity index (χ2v) is 10.3. The number of hydrogen-bond acceptors (Lipinski definition) is 7. The molecule has 0 amide bonds. The van der Waals surface area contributed by atoms with Gasteiger partial charge >= 0.3 is 0 Å². The number of aliphatic hydroxyl groups excluding tert-OH is 1. The molecule has 190 valence electrons. The zero-order chi connectivity index (χ0) is 24.5.